The fourth-order valence-corrected chi connectivity index (χ4v) is 3.08. The summed E-state index contributed by atoms with van der Waals surface area (Å²) in [6.45, 7) is 6.98. The highest BCUT2D eigenvalue weighted by molar-refractivity contribution is 5.82. The van der Waals surface area contributed by atoms with Crippen LogP contribution in [0.25, 0.3) is 0 Å². The molecule has 0 aromatic carbocycles. The van der Waals surface area contributed by atoms with E-state index in [2.05, 4.69) is 29.4 Å². The van der Waals surface area contributed by atoms with Crippen LogP contribution in [0, 0.1) is 0 Å². The van der Waals surface area contributed by atoms with Crippen molar-refractivity contribution in [3.63, 3.8) is 0 Å². The highest BCUT2D eigenvalue weighted by Crippen LogP contribution is 2.21. The van der Waals surface area contributed by atoms with Crippen LogP contribution in [0.4, 0.5) is 0 Å². The molecule has 3 unspecified atom stereocenters. The molecule has 0 aromatic heterocycles. The molecule has 2 aliphatic heterocycles. The minimum absolute atomic E-state index is 0.0151. The third-order valence-corrected chi connectivity index (χ3v) is 4.17. The number of nitrogens with one attached hydrogen (secondary N) is 2. The van der Waals surface area contributed by atoms with Gasteiger partial charge in [0.1, 0.15) is 0 Å². The van der Waals surface area contributed by atoms with Crippen molar-refractivity contribution in [2.45, 2.75) is 64.1 Å². The number of piperazine rings is 1. The molecule has 2 aliphatic rings. The number of piperidine rings is 1. The first-order valence-electron chi connectivity index (χ1n) is 7.49. The van der Waals surface area contributed by atoms with Crippen molar-refractivity contribution in [3.05, 3.63) is 0 Å². The molecule has 104 valence electrons. The summed E-state index contributed by atoms with van der Waals surface area (Å²) in [5.41, 5.74) is 0. The number of carbonyl (C=O) groups excluding carboxylic acids is 1. The second kappa shape index (κ2) is 6.53. The van der Waals surface area contributed by atoms with Gasteiger partial charge in [-0.2, -0.15) is 0 Å². The van der Waals surface area contributed by atoms with Crippen molar-refractivity contribution >= 4 is 5.91 Å². The van der Waals surface area contributed by atoms with Crippen molar-refractivity contribution in [2.24, 2.45) is 0 Å². The van der Waals surface area contributed by atoms with Crippen LogP contribution in [0.1, 0.15) is 46.0 Å². The SMILES string of the molecule is CCCC1CCCCN1C(=O)C1CNC(C)CN1. The second-order valence-electron chi connectivity index (χ2n) is 5.74. The van der Waals surface area contributed by atoms with Gasteiger partial charge in [0.25, 0.3) is 0 Å². The van der Waals surface area contributed by atoms with Crippen molar-refractivity contribution in [1.82, 2.24) is 15.5 Å². The quantitative estimate of drug-likeness (QED) is 0.792. The van der Waals surface area contributed by atoms with E-state index in [-0.39, 0.29) is 6.04 Å². The molecule has 2 N–H and O–H groups in total. The summed E-state index contributed by atoms with van der Waals surface area (Å²) in [7, 11) is 0. The summed E-state index contributed by atoms with van der Waals surface area (Å²) in [6.07, 6.45) is 5.96. The van der Waals surface area contributed by atoms with Gasteiger partial charge in [0.15, 0.2) is 0 Å². The standard InChI is InChI=1S/C14H27N3O/c1-3-6-12-7-4-5-8-17(12)14(18)13-10-15-11(2)9-16-13/h11-13,15-16H,3-10H2,1-2H3. The molecule has 4 nitrogen and oxygen atoms in total. The Labute approximate surface area is 110 Å². The highest BCUT2D eigenvalue weighted by atomic mass is 16.2. The van der Waals surface area contributed by atoms with Gasteiger partial charge in [-0.25, -0.2) is 0 Å². The lowest BCUT2D eigenvalue weighted by Gasteiger charge is -2.39. The van der Waals surface area contributed by atoms with Crippen LogP contribution < -0.4 is 10.6 Å². The average molecular weight is 253 g/mol. The topological polar surface area (TPSA) is 44.4 Å². The fourth-order valence-electron chi connectivity index (χ4n) is 3.08. The Balaban J connectivity index is 1.93. The molecule has 2 fully saturated rings. The van der Waals surface area contributed by atoms with E-state index in [0.717, 1.165) is 26.1 Å². The minimum atomic E-state index is -0.0151. The predicted octanol–water partition coefficient (Wildman–Crippen LogP) is 1.12. The molecule has 0 radical (unpaired) electrons. The summed E-state index contributed by atoms with van der Waals surface area (Å²) in [4.78, 5) is 14.7. The maximum Gasteiger partial charge on any atom is 0.241 e. The van der Waals surface area contributed by atoms with E-state index in [1.54, 1.807) is 0 Å². The van der Waals surface area contributed by atoms with E-state index in [1.165, 1.54) is 25.7 Å². The summed E-state index contributed by atoms with van der Waals surface area (Å²) in [6, 6.07) is 0.943. The lowest BCUT2D eigenvalue weighted by molar-refractivity contribution is -0.137. The Bertz CT molecular complexity index is 272. The molecule has 0 bridgehead atoms. The van der Waals surface area contributed by atoms with E-state index in [9.17, 15) is 4.79 Å². The Hall–Kier alpha value is -0.610. The molecule has 4 heteroatoms. The largest absolute Gasteiger partial charge is 0.338 e. The molecule has 2 heterocycles. The van der Waals surface area contributed by atoms with Crippen molar-refractivity contribution in [1.29, 1.82) is 0 Å². The zero-order chi connectivity index (χ0) is 13.0. The first kappa shape index (κ1) is 13.8. The van der Waals surface area contributed by atoms with Gasteiger partial charge in [0.2, 0.25) is 5.91 Å². The van der Waals surface area contributed by atoms with Gasteiger partial charge in [-0.3, -0.25) is 4.79 Å². The van der Waals surface area contributed by atoms with Gasteiger partial charge in [-0.15, -0.1) is 0 Å². The van der Waals surface area contributed by atoms with E-state index in [4.69, 9.17) is 0 Å². The van der Waals surface area contributed by atoms with Crippen LogP contribution in [-0.2, 0) is 4.79 Å². The molecule has 1 amide bonds. The van der Waals surface area contributed by atoms with E-state index in [0.29, 0.717) is 18.0 Å². The van der Waals surface area contributed by atoms with Gasteiger partial charge in [-0.05, 0) is 32.6 Å². The third kappa shape index (κ3) is 3.23. The molecule has 0 spiro atoms. The molecular formula is C14H27N3O. The van der Waals surface area contributed by atoms with Crippen LogP contribution >= 0.6 is 0 Å². The van der Waals surface area contributed by atoms with Crippen molar-refractivity contribution < 1.29 is 4.79 Å². The van der Waals surface area contributed by atoms with Gasteiger partial charge in [0, 0.05) is 31.7 Å². The monoisotopic (exact) mass is 253 g/mol. The summed E-state index contributed by atoms with van der Waals surface area (Å²) in [5, 5.41) is 6.76. The molecule has 2 saturated heterocycles. The summed E-state index contributed by atoms with van der Waals surface area (Å²) < 4.78 is 0. The zero-order valence-corrected chi connectivity index (χ0v) is 11.7. The van der Waals surface area contributed by atoms with E-state index < -0.39 is 0 Å². The third-order valence-electron chi connectivity index (χ3n) is 4.17. The summed E-state index contributed by atoms with van der Waals surface area (Å²) >= 11 is 0. The lowest BCUT2D eigenvalue weighted by Crippen LogP contribution is -2.61. The maximum absolute atomic E-state index is 12.6. The van der Waals surface area contributed by atoms with Gasteiger partial charge < -0.3 is 15.5 Å². The van der Waals surface area contributed by atoms with Crippen molar-refractivity contribution in [3.8, 4) is 0 Å². The molecule has 0 aliphatic carbocycles. The number of hydrogen-bond donors (Lipinski definition) is 2. The van der Waals surface area contributed by atoms with E-state index in [1.807, 2.05) is 0 Å². The first-order chi connectivity index (χ1) is 8.72. The Morgan fingerprint density at radius 1 is 1.28 bits per heavy atom. The van der Waals surface area contributed by atoms with Crippen LogP contribution in [0.15, 0.2) is 0 Å². The number of nitrogens with zero attached hydrogens (tertiary/aromatic N) is 1. The number of carbonyl (C=O) groups is 1. The first-order valence-corrected chi connectivity index (χ1v) is 7.49. The minimum Gasteiger partial charge on any atom is -0.338 e. The molecule has 2 rings (SSSR count). The normalized spacial score (nSPS) is 33.4. The van der Waals surface area contributed by atoms with Crippen LogP contribution in [0.3, 0.4) is 0 Å². The fraction of sp³-hybridized carbons (Fsp3) is 0.929. The van der Waals surface area contributed by atoms with Crippen LogP contribution in [0.5, 0.6) is 0 Å². The maximum atomic E-state index is 12.6. The summed E-state index contributed by atoms with van der Waals surface area (Å²) in [5.74, 6) is 0.313. The Kier molecular flexibility index (Phi) is 5.01. The zero-order valence-electron chi connectivity index (χ0n) is 11.7. The lowest BCUT2D eigenvalue weighted by atomic mass is 9.97. The average Bonchev–Trinajstić information content (AvgIpc) is 2.40. The van der Waals surface area contributed by atoms with E-state index >= 15 is 0 Å². The molecule has 18 heavy (non-hydrogen) atoms. The van der Waals surface area contributed by atoms with Gasteiger partial charge in [-0.1, -0.05) is 13.3 Å². The smallest absolute Gasteiger partial charge is 0.241 e. The predicted molar refractivity (Wildman–Crippen MR) is 73.5 cm³/mol. The number of amides is 1. The number of hydrogen-bond acceptors (Lipinski definition) is 3. The van der Waals surface area contributed by atoms with Gasteiger partial charge in [0.05, 0.1) is 6.04 Å². The Morgan fingerprint density at radius 2 is 2.11 bits per heavy atom. The highest BCUT2D eigenvalue weighted by Gasteiger charge is 2.32. The van der Waals surface area contributed by atoms with Crippen molar-refractivity contribution in [2.75, 3.05) is 19.6 Å². The molecule has 0 saturated carbocycles. The number of likely N-dealkylation sites (tertiary alicyclic amines) is 1. The van der Waals surface area contributed by atoms with Gasteiger partial charge >= 0.3 is 0 Å². The number of rotatable bonds is 3. The second-order valence-corrected chi connectivity index (χ2v) is 5.74. The van der Waals surface area contributed by atoms with Crippen LogP contribution in [0.2, 0.25) is 0 Å². The van der Waals surface area contributed by atoms with Crippen LogP contribution in [-0.4, -0.2) is 48.6 Å². The molecule has 3 atom stereocenters. The molecule has 0 aromatic rings. The Morgan fingerprint density at radius 3 is 2.78 bits per heavy atom. The molecular weight excluding hydrogens is 226 g/mol.